The number of ether oxygens (including phenoxy) is 1. The van der Waals surface area contributed by atoms with Crippen LogP contribution in [0.4, 0.5) is 0 Å². The summed E-state index contributed by atoms with van der Waals surface area (Å²) in [5, 5.41) is 15.2. The molecule has 0 radical (unpaired) electrons. The van der Waals surface area contributed by atoms with Crippen LogP contribution in [0.15, 0.2) is 11.3 Å². The van der Waals surface area contributed by atoms with E-state index in [1.54, 1.807) is 6.33 Å². The number of aryl methyl sites for hydroxylation is 1. The number of guanidine groups is 1. The third kappa shape index (κ3) is 9.07. The van der Waals surface area contributed by atoms with Gasteiger partial charge in [-0.1, -0.05) is 40.0 Å². The Kier molecular flexibility index (Phi) is 13.5. The van der Waals surface area contributed by atoms with Crippen LogP contribution in [0.25, 0.3) is 0 Å². The number of nitrogens with one attached hydrogen (secondary N) is 2. The van der Waals surface area contributed by atoms with Gasteiger partial charge in [-0.15, -0.1) is 34.2 Å². The van der Waals surface area contributed by atoms with Crippen molar-refractivity contribution in [3.05, 3.63) is 12.2 Å². The Morgan fingerprint density at radius 1 is 1.36 bits per heavy atom. The minimum atomic E-state index is 0. The molecule has 2 heterocycles. The van der Waals surface area contributed by atoms with E-state index < -0.39 is 0 Å². The predicted octanol–water partition coefficient (Wildman–Crippen LogP) is 3.25. The van der Waals surface area contributed by atoms with Gasteiger partial charge in [-0.25, -0.2) is 0 Å². The monoisotopic (exact) mass is 506 g/mol. The standard InChI is InChI=1S/C20H38N6O.HI/c1-4-7-8-17(5-2)13-22-20(23-14-18-9-12-27-15-18)21-10-11-26-16-24-25-19(26)6-3;/h16-18H,4-15H2,1-3H3,(H2,21,22,23);1H. The zero-order valence-electron chi connectivity index (χ0n) is 17.8. The van der Waals surface area contributed by atoms with E-state index in [1.807, 2.05) is 0 Å². The first-order valence-corrected chi connectivity index (χ1v) is 10.7. The van der Waals surface area contributed by atoms with Gasteiger partial charge in [0, 0.05) is 45.1 Å². The first kappa shape index (κ1) is 25.1. The van der Waals surface area contributed by atoms with E-state index in [0.717, 1.165) is 64.0 Å². The Morgan fingerprint density at radius 2 is 2.21 bits per heavy atom. The molecule has 0 amide bonds. The predicted molar refractivity (Wildman–Crippen MR) is 125 cm³/mol. The maximum absolute atomic E-state index is 5.49. The summed E-state index contributed by atoms with van der Waals surface area (Å²) in [4.78, 5) is 4.88. The Balaban J connectivity index is 0.00000392. The van der Waals surface area contributed by atoms with Crippen molar-refractivity contribution < 1.29 is 4.74 Å². The third-order valence-corrected chi connectivity index (χ3v) is 5.29. The van der Waals surface area contributed by atoms with Crippen LogP contribution in [0.1, 0.15) is 58.7 Å². The van der Waals surface area contributed by atoms with Gasteiger partial charge in [-0.2, -0.15) is 0 Å². The second kappa shape index (κ2) is 15.0. The molecule has 0 aromatic carbocycles. The minimum absolute atomic E-state index is 0. The Labute approximate surface area is 187 Å². The molecule has 2 rings (SSSR count). The molecule has 0 aliphatic carbocycles. The van der Waals surface area contributed by atoms with E-state index >= 15 is 0 Å². The summed E-state index contributed by atoms with van der Waals surface area (Å²) in [6, 6.07) is 0. The molecule has 2 unspecified atom stereocenters. The van der Waals surface area contributed by atoms with Crippen LogP contribution in [0.3, 0.4) is 0 Å². The van der Waals surface area contributed by atoms with E-state index in [-0.39, 0.29) is 24.0 Å². The molecule has 0 bridgehead atoms. The molecule has 1 aliphatic rings. The number of aliphatic imine (C=N–C) groups is 1. The SMILES string of the molecule is CCCCC(CC)CN=C(NCCn1cnnc1CC)NCC1CCOC1.I. The maximum atomic E-state index is 5.49. The van der Waals surface area contributed by atoms with Crippen LogP contribution < -0.4 is 10.6 Å². The lowest BCUT2D eigenvalue weighted by Crippen LogP contribution is -2.41. The molecule has 1 fully saturated rings. The van der Waals surface area contributed by atoms with Gasteiger partial charge in [0.15, 0.2) is 5.96 Å². The second-order valence-electron chi connectivity index (χ2n) is 7.44. The quantitative estimate of drug-likeness (QED) is 0.259. The Hall–Kier alpha value is -0.900. The summed E-state index contributed by atoms with van der Waals surface area (Å²) >= 11 is 0. The van der Waals surface area contributed by atoms with Crippen LogP contribution in [-0.4, -0.2) is 53.6 Å². The fourth-order valence-electron chi connectivity index (χ4n) is 3.33. The van der Waals surface area contributed by atoms with Crippen molar-refractivity contribution in [2.75, 3.05) is 32.8 Å². The van der Waals surface area contributed by atoms with Gasteiger partial charge in [0.05, 0.1) is 6.61 Å². The van der Waals surface area contributed by atoms with Gasteiger partial charge in [-0.05, 0) is 18.8 Å². The topological polar surface area (TPSA) is 76.4 Å². The normalized spacial score (nSPS) is 18.0. The lowest BCUT2D eigenvalue weighted by atomic mass is 10.00. The molecule has 1 aromatic rings. The first-order chi connectivity index (χ1) is 13.3. The number of rotatable bonds is 12. The highest BCUT2D eigenvalue weighted by Crippen LogP contribution is 2.13. The molecule has 7 nitrogen and oxygen atoms in total. The highest BCUT2D eigenvalue weighted by Gasteiger charge is 2.16. The van der Waals surface area contributed by atoms with Crippen molar-refractivity contribution >= 4 is 29.9 Å². The molecule has 0 saturated carbocycles. The summed E-state index contributed by atoms with van der Waals surface area (Å²) in [6.45, 7) is 11.8. The van der Waals surface area contributed by atoms with Crippen molar-refractivity contribution in [3.63, 3.8) is 0 Å². The van der Waals surface area contributed by atoms with Crippen LogP contribution >= 0.6 is 24.0 Å². The smallest absolute Gasteiger partial charge is 0.191 e. The van der Waals surface area contributed by atoms with Gasteiger partial charge in [0.1, 0.15) is 12.2 Å². The van der Waals surface area contributed by atoms with E-state index in [1.165, 1.54) is 25.7 Å². The van der Waals surface area contributed by atoms with Gasteiger partial charge in [0.2, 0.25) is 0 Å². The molecule has 0 spiro atoms. The Bertz CT molecular complexity index is 545. The average Bonchev–Trinajstić information content (AvgIpc) is 3.37. The molecular weight excluding hydrogens is 467 g/mol. The molecule has 28 heavy (non-hydrogen) atoms. The van der Waals surface area contributed by atoms with Crippen molar-refractivity contribution in [2.24, 2.45) is 16.8 Å². The van der Waals surface area contributed by atoms with Gasteiger partial charge in [0.25, 0.3) is 0 Å². The van der Waals surface area contributed by atoms with Crippen molar-refractivity contribution in [1.29, 1.82) is 0 Å². The lowest BCUT2D eigenvalue weighted by Gasteiger charge is -2.17. The number of hydrogen-bond acceptors (Lipinski definition) is 4. The summed E-state index contributed by atoms with van der Waals surface area (Å²) in [5.74, 6) is 3.20. The number of hydrogen-bond donors (Lipinski definition) is 2. The summed E-state index contributed by atoms with van der Waals surface area (Å²) in [5.41, 5.74) is 0. The lowest BCUT2D eigenvalue weighted by molar-refractivity contribution is 0.186. The second-order valence-corrected chi connectivity index (χ2v) is 7.44. The summed E-state index contributed by atoms with van der Waals surface area (Å²) in [6.07, 6.45) is 8.83. The first-order valence-electron chi connectivity index (χ1n) is 10.7. The van der Waals surface area contributed by atoms with Crippen LogP contribution in [0, 0.1) is 11.8 Å². The van der Waals surface area contributed by atoms with Gasteiger partial charge < -0.3 is 19.9 Å². The molecule has 2 N–H and O–H groups in total. The maximum Gasteiger partial charge on any atom is 0.191 e. The number of unbranched alkanes of at least 4 members (excludes halogenated alkanes) is 1. The highest BCUT2D eigenvalue weighted by molar-refractivity contribution is 14.0. The molecular formula is C20H39IN6O. The zero-order chi connectivity index (χ0) is 19.3. The average molecular weight is 506 g/mol. The van der Waals surface area contributed by atoms with Crippen molar-refractivity contribution in [2.45, 2.75) is 65.8 Å². The molecule has 162 valence electrons. The van der Waals surface area contributed by atoms with E-state index in [2.05, 4.69) is 46.2 Å². The van der Waals surface area contributed by atoms with Crippen LogP contribution in [-0.2, 0) is 17.7 Å². The zero-order valence-corrected chi connectivity index (χ0v) is 20.2. The Morgan fingerprint density at radius 3 is 2.89 bits per heavy atom. The minimum Gasteiger partial charge on any atom is -0.381 e. The van der Waals surface area contributed by atoms with Gasteiger partial charge >= 0.3 is 0 Å². The van der Waals surface area contributed by atoms with Gasteiger partial charge in [-0.3, -0.25) is 4.99 Å². The number of nitrogens with zero attached hydrogens (tertiary/aromatic N) is 4. The molecule has 2 atom stereocenters. The van der Waals surface area contributed by atoms with Crippen molar-refractivity contribution in [1.82, 2.24) is 25.4 Å². The van der Waals surface area contributed by atoms with E-state index in [4.69, 9.17) is 9.73 Å². The molecule has 1 saturated heterocycles. The summed E-state index contributed by atoms with van der Waals surface area (Å²) in [7, 11) is 0. The fourth-order valence-corrected chi connectivity index (χ4v) is 3.33. The molecule has 1 aromatic heterocycles. The van der Waals surface area contributed by atoms with Crippen LogP contribution in [0.2, 0.25) is 0 Å². The summed E-state index contributed by atoms with van der Waals surface area (Å²) < 4.78 is 7.59. The molecule has 8 heteroatoms. The molecule has 1 aliphatic heterocycles. The number of aromatic nitrogens is 3. The van der Waals surface area contributed by atoms with E-state index in [9.17, 15) is 0 Å². The van der Waals surface area contributed by atoms with E-state index in [0.29, 0.717) is 11.8 Å². The largest absolute Gasteiger partial charge is 0.381 e. The number of halogens is 1. The highest BCUT2D eigenvalue weighted by atomic mass is 127. The fraction of sp³-hybridized carbons (Fsp3) is 0.850. The van der Waals surface area contributed by atoms with Crippen LogP contribution in [0.5, 0.6) is 0 Å². The third-order valence-electron chi connectivity index (χ3n) is 5.29. The van der Waals surface area contributed by atoms with Crippen molar-refractivity contribution in [3.8, 4) is 0 Å².